The summed E-state index contributed by atoms with van der Waals surface area (Å²) in [5.74, 6) is 1.17. The number of hydrogen-bond donors (Lipinski definition) is 1. The molecule has 3 aromatic rings. The molecule has 136 valence electrons. The number of amides is 1. The highest BCUT2D eigenvalue weighted by atomic mass is 35.5. The topological polar surface area (TPSA) is 64.9 Å². The van der Waals surface area contributed by atoms with Gasteiger partial charge < -0.3 is 14.8 Å². The highest BCUT2D eigenvalue weighted by Crippen LogP contribution is 2.27. The van der Waals surface area contributed by atoms with Crippen LogP contribution in [0.25, 0.3) is 11.0 Å². The van der Waals surface area contributed by atoms with Gasteiger partial charge in [-0.15, -0.1) is 11.3 Å². The number of halogens is 1. The molecule has 0 unspecified atom stereocenters. The van der Waals surface area contributed by atoms with Gasteiger partial charge in [0.25, 0.3) is 0 Å². The van der Waals surface area contributed by atoms with Gasteiger partial charge in [0.05, 0.1) is 19.9 Å². The van der Waals surface area contributed by atoms with E-state index in [1.54, 1.807) is 20.3 Å². The van der Waals surface area contributed by atoms with Crippen molar-refractivity contribution < 1.29 is 14.3 Å². The molecule has 1 N–H and O–H groups in total. The number of nitrogens with one attached hydrogen (secondary N) is 1. The molecule has 2 heterocycles. The molecule has 0 fully saturated rings. The second kappa shape index (κ2) is 8.25. The monoisotopic (exact) mass is 391 g/mol. The number of carbonyl (C=O) groups is 1. The van der Waals surface area contributed by atoms with Crippen LogP contribution in [0.5, 0.6) is 11.5 Å². The first-order chi connectivity index (χ1) is 12.6. The molecule has 1 amide bonds. The Labute approximate surface area is 160 Å². The number of rotatable bonds is 7. The zero-order valence-electron chi connectivity index (χ0n) is 14.4. The molecule has 0 saturated carbocycles. The first-order valence-electron chi connectivity index (χ1n) is 7.90. The van der Waals surface area contributed by atoms with Crippen LogP contribution < -0.4 is 14.8 Å². The maximum Gasteiger partial charge on any atom is 0.244 e. The SMILES string of the molecule is COc1ccc(CCNC(=O)/C=C/c2c(Cl)nc3sccn23)cc1OC. The summed E-state index contributed by atoms with van der Waals surface area (Å²) in [5, 5.41) is 5.15. The van der Waals surface area contributed by atoms with Crippen molar-refractivity contribution in [1.82, 2.24) is 14.7 Å². The molecule has 0 bridgehead atoms. The van der Waals surface area contributed by atoms with Gasteiger partial charge in [0.1, 0.15) is 0 Å². The summed E-state index contributed by atoms with van der Waals surface area (Å²) >= 11 is 7.59. The number of imidazole rings is 1. The lowest BCUT2D eigenvalue weighted by Crippen LogP contribution is -2.23. The smallest absolute Gasteiger partial charge is 0.244 e. The second-order valence-electron chi connectivity index (χ2n) is 5.41. The number of thiazole rings is 1. The summed E-state index contributed by atoms with van der Waals surface area (Å²) in [6.45, 7) is 0.507. The van der Waals surface area contributed by atoms with Crippen LogP contribution in [-0.4, -0.2) is 36.1 Å². The third kappa shape index (κ3) is 4.00. The lowest BCUT2D eigenvalue weighted by atomic mass is 10.1. The van der Waals surface area contributed by atoms with E-state index in [-0.39, 0.29) is 5.91 Å². The van der Waals surface area contributed by atoms with Crippen molar-refractivity contribution in [2.24, 2.45) is 0 Å². The van der Waals surface area contributed by atoms with Crippen molar-refractivity contribution in [3.8, 4) is 11.5 Å². The molecular formula is C18H18ClN3O3S. The van der Waals surface area contributed by atoms with Crippen LogP contribution in [-0.2, 0) is 11.2 Å². The fourth-order valence-electron chi connectivity index (χ4n) is 2.51. The predicted molar refractivity (Wildman–Crippen MR) is 103 cm³/mol. The average molecular weight is 392 g/mol. The fourth-order valence-corrected chi connectivity index (χ4v) is 3.51. The molecule has 3 rings (SSSR count). The lowest BCUT2D eigenvalue weighted by molar-refractivity contribution is -0.116. The minimum Gasteiger partial charge on any atom is -0.493 e. The van der Waals surface area contributed by atoms with E-state index >= 15 is 0 Å². The minimum absolute atomic E-state index is 0.188. The van der Waals surface area contributed by atoms with Crippen LogP contribution in [0.2, 0.25) is 5.15 Å². The molecule has 0 radical (unpaired) electrons. The van der Waals surface area contributed by atoms with Gasteiger partial charge in [-0.05, 0) is 30.2 Å². The van der Waals surface area contributed by atoms with Gasteiger partial charge in [0.2, 0.25) is 5.91 Å². The van der Waals surface area contributed by atoms with E-state index in [9.17, 15) is 4.79 Å². The predicted octanol–water partition coefficient (Wildman–Crippen LogP) is 3.44. The zero-order chi connectivity index (χ0) is 18.5. The number of hydrogen-bond acceptors (Lipinski definition) is 5. The van der Waals surface area contributed by atoms with E-state index in [4.69, 9.17) is 21.1 Å². The maximum absolute atomic E-state index is 12.0. The summed E-state index contributed by atoms with van der Waals surface area (Å²) in [7, 11) is 3.20. The maximum atomic E-state index is 12.0. The van der Waals surface area contributed by atoms with Crippen LogP contribution in [0, 0.1) is 0 Å². The van der Waals surface area contributed by atoms with E-state index in [2.05, 4.69) is 10.3 Å². The van der Waals surface area contributed by atoms with E-state index in [0.29, 0.717) is 35.3 Å². The zero-order valence-corrected chi connectivity index (χ0v) is 15.9. The average Bonchev–Trinajstić information content (AvgIpc) is 3.20. The number of ether oxygens (including phenoxy) is 2. The summed E-state index contributed by atoms with van der Waals surface area (Å²) in [6, 6.07) is 5.70. The number of carbonyl (C=O) groups excluding carboxylic acids is 1. The van der Waals surface area contributed by atoms with Gasteiger partial charge in [-0.25, -0.2) is 4.98 Å². The number of benzene rings is 1. The summed E-state index contributed by atoms with van der Waals surface area (Å²) in [6.07, 6.45) is 5.68. The summed E-state index contributed by atoms with van der Waals surface area (Å²) in [4.78, 5) is 17.0. The van der Waals surface area contributed by atoms with Gasteiger partial charge in [0.15, 0.2) is 21.6 Å². The van der Waals surface area contributed by atoms with Crippen LogP contribution in [0.3, 0.4) is 0 Å². The second-order valence-corrected chi connectivity index (χ2v) is 6.64. The summed E-state index contributed by atoms with van der Waals surface area (Å²) in [5.41, 5.74) is 1.74. The van der Waals surface area contributed by atoms with Gasteiger partial charge in [0, 0.05) is 24.2 Å². The number of methoxy groups -OCH3 is 2. The summed E-state index contributed by atoms with van der Waals surface area (Å²) < 4.78 is 12.3. The quantitative estimate of drug-likeness (QED) is 0.626. The third-order valence-corrected chi connectivity index (χ3v) is 4.84. The van der Waals surface area contributed by atoms with Gasteiger partial charge in [-0.3, -0.25) is 9.20 Å². The van der Waals surface area contributed by atoms with E-state index in [1.165, 1.54) is 17.4 Å². The Morgan fingerprint density at radius 3 is 2.92 bits per heavy atom. The Bertz CT molecular complexity index is 948. The standard InChI is InChI=1S/C18H18ClN3O3S/c1-24-14-5-3-12(11-15(14)25-2)7-8-20-16(23)6-4-13-17(19)21-18-22(13)9-10-26-18/h3-6,9-11H,7-8H2,1-2H3,(H,20,23)/b6-4+. The first kappa shape index (κ1) is 18.3. The largest absolute Gasteiger partial charge is 0.493 e. The van der Waals surface area contributed by atoms with Crippen LogP contribution in [0.15, 0.2) is 35.9 Å². The first-order valence-corrected chi connectivity index (χ1v) is 9.16. The van der Waals surface area contributed by atoms with Crippen LogP contribution in [0.1, 0.15) is 11.3 Å². The van der Waals surface area contributed by atoms with E-state index in [1.807, 2.05) is 34.2 Å². The Balaban J connectivity index is 1.56. The number of nitrogens with zero attached hydrogens (tertiary/aromatic N) is 2. The van der Waals surface area contributed by atoms with Crippen LogP contribution in [0.4, 0.5) is 0 Å². The fraction of sp³-hybridized carbons (Fsp3) is 0.222. The van der Waals surface area contributed by atoms with Crippen molar-refractivity contribution in [2.45, 2.75) is 6.42 Å². The lowest BCUT2D eigenvalue weighted by Gasteiger charge is -2.09. The Hall–Kier alpha value is -2.51. The normalized spacial score (nSPS) is 11.2. The van der Waals surface area contributed by atoms with Crippen molar-refractivity contribution in [1.29, 1.82) is 0 Å². The highest BCUT2D eigenvalue weighted by molar-refractivity contribution is 7.15. The third-order valence-electron chi connectivity index (χ3n) is 3.81. The van der Waals surface area contributed by atoms with E-state index < -0.39 is 0 Å². The molecule has 1 aromatic carbocycles. The molecule has 0 spiro atoms. The van der Waals surface area contributed by atoms with Crippen molar-refractivity contribution in [3.05, 3.63) is 52.3 Å². The van der Waals surface area contributed by atoms with Crippen molar-refractivity contribution in [2.75, 3.05) is 20.8 Å². The Morgan fingerprint density at radius 1 is 1.35 bits per heavy atom. The van der Waals surface area contributed by atoms with Crippen molar-refractivity contribution >= 4 is 39.9 Å². The van der Waals surface area contributed by atoms with Gasteiger partial charge >= 0.3 is 0 Å². The minimum atomic E-state index is -0.188. The molecule has 0 aliphatic heterocycles. The molecular weight excluding hydrogens is 374 g/mol. The molecule has 8 heteroatoms. The molecule has 26 heavy (non-hydrogen) atoms. The Morgan fingerprint density at radius 2 is 2.15 bits per heavy atom. The molecule has 6 nitrogen and oxygen atoms in total. The molecule has 0 saturated heterocycles. The Kier molecular flexibility index (Phi) is 5.80. The molecule has 0 aliphatic rings. The highest BCUT2D eigenvalue weighted by Gasteiger charge is 2.09. The van der Waals surface area contributed by atoms with Crippen LogP contribution >= 0.6 is 22.9 Å². The van der Waals surface area contributed by atoms with Gasteiger partial charge in [-0.1, -0.05) is 17.7 Å². The van der Waals surface area contributed by atoms with Gasteiger partial charge in [-0.2, -0.15) is 0 Å². The number of aromatic nitrogens is 2. The van der Waals surface area contributed by atoms with E-state index in [0.717, 1.165) is 10.5 Å². The molecule has 0 aliphatic carbocycles. The number of fused-ring (bicyclic) bond motifs is 1. The molecule has 0 atom stereocenters. The van der Waals surface area contributed by atoms with Crippen molar-refractivity contribution in [3.63, 3.8) is 0 Å². The molecule has 2 aromatic heterocycles.